The third-order valence-corrected chi connectivity index (χ3v) is 4.10. The van der Waals surface area contributed by atoms with Crippen molar-refractivity contribution in [3.05, 3.63) is 54.1 Å². The molecule has 2 rings (SSSR count). The molecule has 0 aliphatic rings. The summed E-state index contributed by atoms with van der Waals surface area (Å²) in [4.78, 5) is 26.8. The fourth-order valence-corrected chi connectivity index (χ4v) is 2.80. The van der Waals surface area contributed by atoms with E-state index in [1.54, 1.807) is 31.3 Å². The van der Waals surface area contributed by atoms with Gasteiger partial charge in [0, 0.05) is 12.1 Å². The first-order valence-corrected chi connectivity index (χ1v) is 8.91. The van der Waals surface area contributed by atoms with E-state index in [0.717, 1.165) is 12.0 Å². The first-order chi connectivity index (χ1) is 13.1. The summed E-state index contributed by atoms with van der Waals surface area (Å²) >= 11 is 0. The summed E-state index contributed by atoms with van der Waals surface area (Å²) in [5.41, 5.74) is 1.38. The lowest BCUT2D eigenvalue weighted by Gasteiger charge is -2.22. The van der Waals surface area contributed by atoms with Crippen LogP contribution in [0, 0.1) is 0 Å². The van der Waals surface area contributed by atoms with Crippen molar-refractivity contribution >= 4 is 17.5 Å². The third-order valence-electron chi connectivity index (χ3n) is 4.10. The Morgan fingerprint density at radius 3 is 2.26 bits per heavy atom. The minimum absolute atomic E-state index is 0.0140. The molecule has 0 saturated carbocycles. The lowest BCUT2D eigenvalue weighted by molar-refractivity contribution is -0.134. The Morgan fingerprint density at radius 1 is 0.963 bits per heavy atom. The van der Waals surface area contributed by atoms with E-state index < -0.39 is 0 Å². The molecule has 0 spiro atoms. The normalized spacial score (nSPS) is 10.2. The number of nitrogens with zero attached hydrogens (tertiary/aromatic N) is 1. The van der Waals surface area contributed by atoms with Gasteiger partial charge in [-0.15, -0.1) is 0 Å². The van der Waals surface area contributed by atoms with Gasteiger partial charge in [0.05, 0.1) is 32.9 Å². The molecule has 0 aliphatic heterocycles. The van der Waals surface area contributed by atoms with Crippen molar-refractivity contribution in [2.45, 2.75) is 19.8 Å². The van der Waals surface area contributed by atoms with Crippen LogP contribution >= 0.6 is 0 Å². The van der Waals surface area contributed by atoms with E-state index in [1.165, 1.54) is 0 Å². The van der Waals surface area contributed by atoms with E-state index >= 15 is 0 Å². The summed E-state index contributed by atoms with van der Waals surface area (Å²) in [7, 11) is 3.12. The summed E-state index contributed by atoms with van der Waals surface area (Å²) in [6, 6.07) is 14.6. The molecule has 2 aromatic rings. The Hall–Kier alpha value is -3.02. The quantitative estimate of drug-likeness (QED) is 0.736. The molecule has 0 unspecified atom stereocenters. The molecular formula is C21H26N2O4. The van der Waals surface area contributed by atoms with Gasteiger partial charge in [-0.05, 0) is 24.6 Å². The summed E-state index contributed by atoms with van der Waals surface area (Å²) in [5.74, 6) is 0.867. The van der Waals surface area contributed by atoms with E-state index in [4.69, 9.17) is 9.47 Å². The minimum Gasteiger partial charge on any atom is -0.496 e. The number of carbonyl (C=O) groups is 2. The Morgan fingerprint density at radius 2 is 1.59 bits per heavy atom. The fourth-order valence-electron chi connectivity index (χ4n) is 2.80. The first kappa shape index (κ1) is 20.3. The Labute approximate surface area is 160 Å². The number of benzene rings is 2. The number of nitrogens with one attached hydrogen (secondary N) is 1. The number of methoxy groups -OCH3 is 2. The van der Waals surface area contributed by atoms with E-state index in [2.05, 4.69) is 5.32 Å². The number of carbonyl (C=O) groups excluding carboxylic acids is 2. The molecular weight excluding hydrogens is 344 g/mol. The number of ether oxygens (including phenoxy) is 2. The SMILES string of the molecule is CCCN(CC(=O)Nc1ccccc1OC)C(=O)Cc1ccccc1OC. The maximum Gasteiger partial charge on any atom is 0.244 e. The molecule has 27 heavy (non-hydrogen) atoms. The van der Waals surface area contributed by atoms with E-state index in [0.29, 0.717) is 23.7 Å². The highest BCUT2D eigenvalue weighted by molar-refractivity contribution is 5.96. The topological polar surface area (TPSA) is 67.9 Å². The van der Waals surface area contributed by atoms with Gasteiger partial charge >= 0.3 is 0 Å². The largest absolute Gasteiger partial charge is 0.496 e. The Bertz CT molecular complexity index is 776. The predicted molar refractivity (Wildman–Crippen MR) is 105 cm³/mol. The summed E-state index contributed by atoms with van der Waals surface area (Å²) in [6.07, 6.45) is 0.950. The average molecular weight is 370 g/mol. The molecule has 0 fully saturated rings. The Kier molecular flexibility index (Phi) is 7.67. The van der Waals surface area contributed by atoms with Crippen molar-refractivity contribution in [1.82, 2.24) is 4.90 Å². The van der Waals surface area contributed by atoms with E-state index in [9.17, 15) is 9.59 Å². The maximum absolute atomic E-state index is 12.7. The molecule has 144 valence electrons. The second-order valence-electron chi connectivity index (χ2n) is 6.05. The van der Waals surface area contributed by atoms with Gasteiger partial charge in [0.15, 0.2) is 0 Å². The van der Waals surface area contributed by atoms with Crippen LogP contribution in [0.2, 0.25) is 0 Å². The minimum atomic E-state index is -0.263. The van der Waals surface area contributed by atoms with Gasteiger partial charge in [-0.2, -0.15) is 0 Å². The van der Waals surface area contributed by atoms with E-state index in [1.807, 2.05) is 43.3 Å². The highest BCUT2D eigenvalue weighted by Gasteiger charge is 2.19. The van der Waals surface area contributed by atoms with Crippen LogP contribution in [-0.4, -0.2) is 44.0 Å². The molecule has 2 aromatic carbocycles. The van der Waals surface area contributed by atoms with Gasteiger partial charge in [-0.25, -0.2) is 0 Å². The summed E-state index contributed by atoms with van der Waals surface area (Å²) in [6.45, 7) is 2.47. The zero-order chi connectivity index (χ0) is 19.6. The first-order valence-electron chi connectivity index (χ1n) is 8.91. The monoisotopic (exact) mass is 370 g/mol. The van der Waals surface area contributed by atoms with Gasteiger partial charge in [-0.1, -0.05) is 37.3 Å². The molecule has 0 aliphatic carbocycles. The molecule has 0 aromatic heterocycles. The van der Waals surface area contributed by atoms with Crippen LogP contribution in [0.4, 0.5) is 5.69 Å². The van der Waals surface area contributed by atoms with Crippen LogP contribution in [0.5, 0.6) is 11.5 Å². The third kappa shape index (κ3) is 5.74. The molecule has 0 heterocycles. The number of para-hydroxylation sites is 3. The fraction of sp³-hybridized carbons (Fsp3) is 0.333. The van der Waals surface area contributed by atoms with Crippen molar-refractivity contribution in [3.8, 4) is 11.5 Å². The van der Waals surface area contributed by atoms with Crippen LogP contribution in [-0.2, 0) is 16.0 Å². The molecule has 0 saturated heterocycles. The zero-order valence-electron chi connectivity index (χ0n) is 16.0. The van der Waals surface area contributed by atoms with Crippen LogP contribution in [0.3, 0.4) is 0 Å². The van der Waals surface area contributed by atoms with Crippen molar-refractivity contribution in [2.24, 2.45) is 0 Å². The molecule has 2 amide bonds. The van der Waals surface area contributed by atoms with Crippen molar-refractivity contribution in [1.29, 1.82) is 0 Å². The molecule has 0 atom stereocenters. The highest BCUT2D eigenvalue weighted by atomic mass is 16.5. The number of hydrogen-bond acceptors (Lipinski definition) is 4. The van der Waals surface area contributed by atoms with Crippen LogP contribution in [0.15, 0.2) is 48.5 Å². The summed E-state index contributed by atoms with van der Waals surface area (Å²) < 4.78 is 10.5. The smallest absolute Gasteiger partial charge is 0.244 e. The van der Waals surface area contributed by atoms with Crippen LogP contribution in [0.1, 0.15) is 18.9 Å². The zero-order valence-corrected chi connectivity index (χ0v) is 16.0. The maximum atomic E-state index is 12.7. The van der Waals surface area contributed by atoms with Crippen molar-refractivity contribution < 1.29 is 19.1 Å². The molecule has 6 nitrogen and oxygen atoms in total. The molecule has 0 radical (unpaired) electrons. The molecule has 6 heteroatoms. The lowest BCUT2D eigenvalue weighted by atomic mass is 10.1. The second-order valence-corrected chi connectivity index (χ2v) is 6.05. The number of amides is 2. The molecule has 1 N–H and O–H groups in total. The van der Waals surface area contributed by atoms with Crippen molar-refractivity contribution in [2.75, 3.05) is 32.6 Å². The van der Waals surface area contributed by atoms with Crippen LogP contribution in [0.25, 0.3) is 0 Å². The standard InChI is InChI=1S/C21H26N2O4/c1-4-13-23(21(25)14-16-9-5-7-11-18(16)26-2)15-20(24)22-17-10-6-8-12-19(17)27-3/h5-12H,4,13-15H2,1-3H3,(H,22,24). The van der Waals surface area contributed by atoms with E-state index in [-0.39, 0.29) is 24.8 Å². The second kappa shape index (κ2) is 10.2. The lowest BCUT2D eigenvalue weighted by Crippen LogP contribution is -2.39. The van der Waals surface area contributed by atoms with Gasteiger partial charge < -0.3 is 19.7 Å². The number of rotatable bonds is 9. The number of hydrogen-bond donors (Lipinski definition) is 1. The predicted octanol–water partition coefficient (Wildman–Crippen LogP) is 3.12. The van der Waals surface area contributed by atoms with Gasteiger partial charge in [0.25, 0.3) is 0 Å². The number of anilines is 1. The summed E-state index contributed by atoms with van der Waals surface area (Å²) in [5, 5.41) is 2.81. The van der Waals surface area contributed by atoms with Gasteiger partial charge in [0.1, 0.15) is 11.5 Å². The van der Waals surface area contributed by atoms with Gasteiger partial charge in [-0.3, -0.25) is 9.59 Å². The van der Waals surface area contributed by atoms with Crippen molar-refractivity contribution in [3.63, 3.8) is 0 Å². The average Bonchev–Trinajstić information content (AvgIpc) is 2.68. The van der Waals surface area contributed by atoms with Gasteiger partial charge in [0.2, 0.25) is 11.8 Å². The Balaban J connectivity index is 2.05. The highest BCUT2D eigenvalue weighted by Crippen LogP contribution is 2.23. The molecule has 0 bridgehead atoms. The van der Waals surface area contributed by atoms with Crippen LogP contribution < -0.4 is 14.8 Å².